The molecule has 4 nitrogen and oxygen atoms in total. The lowest BCUT2D eigenvalue weighted by Crippen LogP contribution is -2.51. The summed E-state index contributed by atoms with van der Waals surface area (Å²) in [5.74, 6) is -3.38. The molecule has 0 radical (unpaired) electrons. The Balaban J connectivity index is 1.47. The van der Waals surface area contributed by atoms with Crippen LogP contribution in [0.5, 0.6) is 0 Å². The number of hydrogen-bond acceptors (Lipinski definition) is 3. The van der Waals surface area contributed by atoms with Gasteiger partial charge in [0, 0.05) is 11.8 Å². The van der Waals surface area contributed by atoms with Crippen LogP contribution in [0.3, 0.4) is 0 Å². The van der Waals surface area contributed by atoms with E-state index in [9.17, 15) is 14.7 Å². The summed E-state index contributed by atoms with van der Waals surface area (Å²) in [5.41, 5.74) is 2.64. The number of carboxylic acids is 1. The Bertz CT molecular complexity index is 1230. The summed E-state index contributed by atoms with van der Waals surface area (Å²) >= 11 is 0. The van der Waals surface area contributed by atoms with Gasteiger partial charge in [-0.15, -0.1) is 0 Å². The van der Waals surface area contributed by atoms with Crippen LogP contribution in [-0.2, 0) is 20.9 Å². The fraction of sp³-hybridized carbons (Fsp3) is 0.172. The minimum atomic E-state index is -0.893. The molecule has 4 atom stereocenters. The van der Waals surface area contributed by atoms with Crippen molar-refractivity contribution in [2.75, 3.05) is 0 Å². The highest BCUT2D eigenvalue weighted by Crippen LogP contribution is 2.58. The third-order valence-electron chi connectivity index (χ3n) is 6.72. The Morgan fingerprint density at radius 2 is 1.21 bits per heavy atom. The van der Waals surface area contributed by atoms with Gasteiger partial charge in [-0.05, 0) is 27.5 Å². The number of fused-ring (bicyclic) bond motifs is 1. The molecule has 0 saturated heterocycles. The molecule has 0 heterocycles. The zero-order valence-electron chi connectivity index (χ0n) is 18.0. The Hall–Kier alpha value is -3.92. The molecule has 0 bridgehead atoms. The maximum atomic E-state index is 13.5. The quantitative estimate of drug-likeness (QED) is 0.389. The topological polar surface area (TPSA) is 63.6 Å². The predicted molar refractivity (Wildman–Crippen MR) is 127 cm³/mol. The van der Waals surface area contributed by atoms with Crippen LogP contribution in [0.15, 0.2) is 103 Å². The molecular formula is C29H24O4. The van der Waals surface area contributed by atoms with Crippen LogP contribution in [0.2, 0.25) is 0 Å². The Morgan fingerprint density at radius 1 is 0.667 bits per heavy atom. The molecule has 0 spiro atoms. The van der Waals surface area contributed by atoms with Gasteiger partial charge in [-0.3, -0.25) is 9.59 Å². The molecule has 1 saturated carbocycles. The van der Waals surface area contributed by atoms with Gasteiger partial charge in [0.1, 0.15) is 6.61 Å². The zero-order valence-corrected chi connectivity index (χ0v) is 18.0. The molecule has 4 heteroatoms. The number of carbonyl (C=O) groups excluding carboxylic acids is 1. The molecule has 33 heavy (non-hydrogen) atoms. The summed E-state index contributed by atoms with van der Waals surface area (Å²) in [4.78, 5) is 25.7. The normalized spacial score (nSPS) is 21.8. The van der Waals surface area contributed by atoms with Crippen molar-refractivity contribution >= 4 is 22.7 Å². The van der Waals surface area contributed by atoms with Crippen molar-refractivity contribution in [3.63, 3.8) is 0 Å². The van der Waals surface area contributed by atoms with E-state index < -0.39 is 29.6 Å². The van der Waals surface area contributed by atoms with Gasteiger partial charge in [-0.1, -0.05) is 103 Å². The van der Waals surface area contributed by atoms with Crippen LogP contribution in [0.1, 0.15) is 28.5 Å². The van der Waals surface area contributed by atoms with E-state index in [4.69, 9.17) is 4.74 Å². The van der Waals surface area contributed by atoms with E-state index in [1.807, 2.05) is 103 Å². The SMILES string of the molecule is O=C(O)C1[C@@H](c2ccccc2)C(C(=O)OCc2cccc3ccccc23)[C@H]1c1ccccc1. The van der Waals surface area contributed by atoms with E-state index in [1.54, 1.807) is 0 Å². The zero-order chi connectivity index (χ0) is 22.8. The highest BCUT2D eigenvalue weighted by atomic mass is 16.5. The molecule has 2 unspecified atom stereocenters. The highest BCUT2D eigenvalue weighted by molar-refractivity contribution is 5.87. The second kappa shape index (κ2) is 8.91. The van der Waals surface area contributed by atoms with Crippen LogP contribution in [0, 0.1) is 11.8 Å². The molecule has 4 aromatic carbocycles. The first-order valence-corrected chi connectivity index (χ1v) is 11.1. The molecule has 0 amide bonds. The van der Waals surface area contributed by atoms with Gasteiger partial charge in [0.15, 0.2) is 0 Å². The Morgan fingerprint density at radius 3 is 1.82 bits per heavy atom. The van der Waals surface area contributed by atoms with Gasteiger partial charge < -0.3 is 9.84 Å². The average molecular weight is 437 g/mol. The van der Waals surface area contributed by atoms with Gasteiger partial charge in [0.25, 0.3) is 0 Å². The molecule has 1 aliphatic rings. The highest BCUT2D eigenvalue weighted by Gasteiger charge is 2.59. The number of hydrogen-bond donors (Lipinski definition) is 1. The summed E-state index contributed by atoms with van der Waals surface area (Å²) in [7, 11) is 0. The molecule has 4 aromatic rings. The van der Waals surface area contributed by atoms with Gasteiger partial charge in [-0.25, -0.2) is 0 Å². The summed E-state index contributed by atoms with van der Waals surface area (Å²) < 4.78 is 5.84. The Labute approximate surface area is 192 Å². The lowest BCUT2D eigenvalue weighted by Gasteiger charge is -2.49. The summed E-state index contributed by atoms with van der Waals surface area (Å²) in [6.07, 6.45) is 0. The van der Waals surface area contributed by atoms with Crippen LogP contribution < -0.4 is 0 Å². The molecular weight excluding hydrogens is 412 g/mol. The lowest BCUT2D eigenvalue weighted by atomic mass is 9.52. The van der Waals surface area contributed by atoms with Gasteiger partial charge in [0.05, 0.1) is 11.8 Å². The first-order chi connectivity index (χ1) is 16.1. The number of ether oxygens (including phenoxy) is 1. The third-order valence-corrected chi connectivity index (χ3v) is 6.72. The fourth-order valence-electron chi connectivity index (χ4n) is 5.19. The second-order valence-corrected chi connectivity index (χ2v) is 8.51. The van der Waals surface area contributed by atoms with Gasteiger partial charge in [-0.2, -0.15) is 0 Å². The van der Waals surface area contributed by atoms with E-state index in [1.165, 1.54) is 0 Å². The maximum absolute atomic E-state index is 13.5. The maximum Gasteiger partial charge on any atom is 0.310 e. The molecule has 0 aromatic heterocycles. The minimum absolute atomic E-state index is 0.150. The molecule has 1 aliphatic carbocycles. The molecule has 1 N–H and O–H groups in total. The first kappa shape index (κ1) is 21.0. The number of esters is 1. The van der Waals surface area contributed by atoms with E-state index in [0.717, 1.165) is 27.5 Å². The van der Waals surface area contributed by atoms with Crippen LogP contribution in [0.25, 0.3) is 10.8 Å². The number of aliphatic carboxylic acids is 1. The van der Waals surface area contributed by atoms with Crippen molar-refractivity contribution in [3.8, 4) is 0 Å². The van der Waals surface area contributed by atoms with Crippen molar-refractivity contribution in [2.45, 2.75) is 18.4 Å². The average Bonchev–Trinajstić information content (AvgIpc) is 2.83. The molecule has 0 aliphatic heterocycles. The smallest absolute Gasteiger partial charge is 0.310 e. The fourth-order valence-corrected chi connectivity index (χ4v) is 5.19. The van der Waals surface area contributed by atoms with Gasteiger partial charge >= 0.3 is 11.9 Å². The second-order valence-electron chi connectivity index (χ2n) is 8.51. The number of carboxylic acid groups (broad SMARTS) is 1. The van der Waals surface area contributed by atoms with Crippen molar-refractivity contribution in [2.24, 2.45) is 11.8 Å². The molecule has 164 valence electrons. The number of benzene rings is 4. The Kier molecular flexibility index (Phi) is 5.66. The third kappa shape index (κ3) is 3.89. The number of carbonyl (C=O) groups is 2. The monoisotopic (exact) mass is 436 g/mol. The predicted octanol–water partition coefficient (Wildman–Crippen LogP) is 5.78. The van der Waals surface area contributed by atoms with E-state index >= 15 is 0 Å². The number of rotatable bonds is 6. The summed E-state index contributed by atoms with van der Waals surface area (Å²) in [5, 5.41) is 12.2. The van der Waals surface area contributed by atoms with Crippen molar-refractivity contribution in [1.82, 2.24) is 0 Å². The lowest BCUT2D eigenvalue weighted by molar-refractivity contribution is -0.165. The first-order valence-electron chi connectivity index (χ1n) is 11.1. The van der Waals surface area contributed by atoms with Crippen LogP contribution >= 0.6 is 0 Å². The van der Waals surface area contributed by atoms with Crippen molar-refractivity contribution in [1.29, 1.82) is 0 Å². The van der Waals surface area contributed by atoms with E-state index in [0.29, 0.717) is 0 Å². The van der Waals surface area contributed by atoms with Crippen LogP contribution in [-0.4, -0.2) is 17.0 Å². The standard InChI is InChI=1S/C29H24O4/c30-28(31)26-24(20-11-3-1-4-12-20)27(25(26)21-13-5-2-6-14-21)29(32)33-18-22-16-9-15-19-10-7-8-17-23(19)22/h1-17,24-27H,18H2,(H,30,31)/t24-,25+,26?,27?. The summed E-state index contributed by atoms with van der Waals surface area (Å²) in [6.45, 7) is 0.150. The largest absolute Gasteiger partial charge is 0.481 e. The molecule has 5 rings (SSSR count). The minimum Gasteiger partial charge on any atom is -0.481 e. The van der Waals surface area contributed by atoms with E-state index in [2.05, 4.69) is 0 Å². The van der Waals surface area contributed by atoms with Crippen molar-refractivity contribution in [3.05, 3.63) is 120 Å². The van der Waals surface area contributed by atoms with Crippen LogP contribution in [0.4, 0.5) is 0 Å². The summed E-state index contributed by atoms with van der Waals surface area (Å²) in [6, 6.07) is 32.8. The van der Waals surface area contributed by atoms with Crippen molar-refractivity contribution < 1.29 is 19.4 Å². The van der Waals surface area contributed by atoms with Gasteiger partial charge in [0.2, 0.25) is 0 Å². The van der Waals surface area contributed by atoms with E-state index in [-0.39, 0.29) is 12.6 Å². The molecule has 1 fully saturated rings.